The molecule has 2 aromatic rings. The highest BCUT2D eigenvalue weighted by Gasteiger charge is 2.37. The number of Topliss-reactive ketones (excluding diaryl/α,β-unsaturated/α-hetero) is 2. The summed E-state index contributed by atoms with van der Waals surface area (Å²) in [6, 6.07) is 13.7. The molecule has 0 radical (unpaired) electrons. The van der Waals surface area contributed by atoms with Gasteiger partial charge in [0.2, 0.25) is 0 Å². The lowest BCUT2D eigenvalue weighted by atomic mass is 9.63. The molecule has 0 bridgehead atoms. The molecule has 2 heteroatoms. The first-order valence-electron chi connectivity index (χ1n) is 10.4. The third-order valence-electron chi connectivity index (χ3n) is 6.74. The van der Waals surface area contributed by atoms with Gasteiger partial charge in [-0.2, -0.15) is 0 Å². The molecule has 152 valence electrons. The van der Waals surface area contributed by atoms with E-state index in [0.717, 1.165) is 35.1 Å². The fourth-order valence-electron chi connectivity index (χ4n) is 4.29. The number of benzene rings is 2. The van der Waals surface area contributed by atoms with E-state index in [1.54, 1.807) is 6.92 Å². The molecule has 0 saturated carbocycles. The topological polar surface area (TPSA) is 34.1 Å². The van der Waals surface area contributed by atoms with Gasteiger partial charge in [0.1, 0.15) is 0 Å². The molecule has 0 fully saturated rings. The number of carbonyl (C=O) groups excluding carboxylic acids is 2. The number of fused-ring (bicyclic) bond motifs is 1. The zero-order valence-corrected chi connectivity index (χ0v) is 18.8. The van der Waals surface area contributed by atoms with Crippen LogP contribution in [0.25, 0.3) is 5.57 Å². The minimum absolute atomic E-state index is 0.0468. The molecule has 1 aliphatic rings. The van der Waals surface area contributed by atoms with Gasteiger partial charge in [0.25, 0.3) is 0 Å². The third-order valence-corrected chi connectivity index (χ3v) is 6.74. The lowest BCUT2D eigenvalue weighted by Gasteiger charge is -2.42. The second kappa shape index (κ2) is 7.40. The quantitative estimate of drug-likeness (QED) is 0.421. The van der Waals surface area contributed by atoms with Crippen LogP contribution in [0.1, 0.15) is 98.7 Å². The summed E-state index contributed by atoms with van der Waals surface area (Å²) in [6.45, 7) is 14.6. The predicted octanol–water partition coefficient (Wildman–Crippen LogP) is 6.91. The van der Waals surface area contributed by atoms with Crippen LogP contribution < -0.4 is 0 Å². The highest BCUT2D eigenvalue weighted by atomic mass is 16.1. The third kappa shape index (κ3) is 3.99. The van der Waals surface area contributed by atoms with Crippen molar-refractivity contribution in [2.24, 2.45) is 0 Å². The Morgan fingerprint density at radius 2 is 1.17 bits per heavy atom. The van der Waals surface area contributed by atoms with Gasteiger partial charge < -0.3 is 0 Å². The maximum Gasteiger partial charge on any atom is 0.189 e. The summed E-state index contributed by atoms with van der Waals surface area (Å²) in [7, 11) is 0. The molecule has 0 spiro atoms. The van der Waals surface area contributed by atoms with E-state index in [4.69, 9.17) is 0 Å². The Kier molecular flexibility index (Phi) is 5.42. The van der Waals surface area contributed by atoms with E-state index >= 15 is 0 Å². The van der Waals surface area contributed by atoms with Gasteiger partial charge >= 0.3 is 0 Å². The Labute approximate surface area is 175 Å². The highest BCUT2D eigenvalue weighted by Crippen LogP contribution is 2.46. The first-order valence-corrected chi connectivity index (χ1v) is 10.4. The number of hydrogen-bond acceptors (Lipinski definition) is 2. The SMILES string of the molecule is CC(=O)c1ccc(/C(C)=C(\C)C(=O)c2ccc3c(c2)C(C)(C)CCC3(C)C)cc1. The van der Waals surface area contributed by atoms with Gasteiger partial charge in [-0.1, -0.05) is 64.1 Å². The van der Waals surface area contributed by atoms with Crippen LogP contribution in [-0.4, -0.2) is 11.6 Å². The summed E-state index contributed by atoms with van der Waals surface area (Å²) in [6.07, 6.45) is 2.29. The van der Waals surface area contributed by atoms with E-state index in [1.165, 1.54) is 11.1 Å². The molecule has 1 aliphatic carbocycles. The monoisotopic (exact) mass is 388 g/mol. The predicted molar refractivity (Wildman–Crippen MR) is 121 cm³/mol. The van der Waals surface area contributed by atoms with Crippen LogP contribution in [0.2, 0.25) is 0 Å². The fraction of sp³-hybridized carbons (Fsp3) is 0.407. The summed E-state index contributed by atoms with van der Waals surface area (Å²) < 4.78 is 0. The lowest BCUT2D eigenvalue weighted by molar-refractivity contribution is 0.101. The first-order chi connectivity index (χ1) is 13.4. The molecule has 0 amide bonds. The molecular formula is C27H32O2. The smallest absolute Gasteiger partial charge is 0.189 e. The fourth-order valence-corrected chi connectivity index (χ4v) is 4.29. The lowest BCUT2D eigenvalue weighted by Crippen LogP contribution is -2.34. The van der Waals surface area contributed by atoms with Crippen molar-refractivity contribution in [1.29, 1.82) is 0 Å². The number of allylic oxidation sites excluding steroid dienone is 2. The Hall–Kier alpha value is -2.48. The van der Waals surface area contributed by atoms with Gasteiger partial charge in [-0.25, -0.2) is 0 Å². The minimum atomic E-state index is 0.0468. The van der Waals surface area contributed by atoms with E-state index in [1.807, 2.05) is 44.2 Å². The van der Waals surface area contributed by atoms with Crippen molar-refractivity contribution in [3.8, 4) is 0 Å². The molecular weight excluding hydrogens is 356 g/mol. The van der Waals surface area contributed by atoms with Gasteiger partial charge in [-0.15, -0.1) is 0 Å². The summed E-state index contributed by atoms with van der Waals surface area (Å²) in [5.41, 5.74) is 6.99. The van der Waals surface area contributed by atoms with Crippen LogP contribution in [0.3, 0.4) is 0 Å². The van der Waals surface area contributed by atoms with Crippen molar-refractivity contribution in [3.63, 3.8) is 0 Å². The molecule has 0 unspecified atom stereocenters. The zero-order chi connectivity index (χ0) is 21.6. The van der Waals surface area contributed by atoms with Crippen molar-refractivity contribution in [2.75, 3.05) is 0 Å². The van der Waals surface area contributed by atoms with Gasteiger partial charge in [0.05, 0.1) is 0 Å². The molecule has 3 rings (SSSR count). The minimum Gasteiger partial charge on any atom is -0.295 e. The van der Waals surface area contributed by atoms with E-state index in [2.05, 4.69) is 39.8 Å². The highest BCUT2D eigenvalue weighted by molar-refractivity contribution is 6.12. The molecule has 29 heavy (non-hydrogen) atoms. The zero-order valence-electron chi connectivity index (χ0n) is 18.8. The molecule has 0 N–H and O–H groups in total. The molecule has 0 saturated heterocycles. The van der Waals surface area contributed by atoms with Crippen LogP contribution in [0.4, 0.5) is 0 Å². The van der Waals surface area contributed by atoms with Gasteiger partial charge in [-0.05, 0) is 72.8 Å². The van der Waals surface area contributed by atoms with Crippen LogP contribution in [-0.2, 0) is 10.8 Å². The van der Waals surface area contributed by atoms with Crippen molar-refractivity contribution in [3.05, 3.63) is 75.9 Å². The van der Waals surface area contributed by atoms with Crippen LogP contribution >= 0.6 is 0 Å². The molecule has 2 aromatic carbocycles. The Balaban J connectivity index is 1.99. The summed E-state index contributed by atoms with van der Waals surface area (Å²) in [5.74, 6) is 0.116. The Morgan fingerprint density at radius 3 is 1.72 bits per heavy atom. The van der Waals surface area contributed by atoms with Crippen LogP contribution in [0, 0.1) is 0 Å². The number of carbonyl (C=O) groups is 2. The van der Waals surface area contributed by atoms with E-state index in [-0.39, 0.29) is 22.4 Å². The Morgan fingerprint density at radius 1 is 0.690 bits per heavy atom. The van der Waals surface area contributed by atoms with Crippen LogP contribution in [0.15, 0.2) is 48.0 Å². The standard InChI is InChI=1S/C27H32O2/c1-17(20-8-10-21(11-9-20)19(3)28)18(2)25(29)22-12-13-23-24(16-22)27(6,7)15-14-26(23,4)5/h8-13,16H,14-15H2,1-7H3/b18-17+. The number of ketones is 2. The maximum atomic E-state index is 13.3. The normalized spacial score (nSPS) is 17.9. The Bertz CT molecular complexity index is 1000. The molecule has 0 atom stereocenters. The molecule has 0 aromatic heterocycles. The molecule has 2 nitrogen and oxygen atoms in total. The average Bonchev–Trinajstić information content (AvgIpc) is 2.69. The van der Waals surface area contributed by atoms with Crippen molar-refractivity contribution in [2.45, 2.75) is 72.1 Å². The van der Waals surface area contributed by atoms with Crippen molar-refractivity contribution >= 4 is 17.1 Å². The van der Waals surface area contributed by atoms with Crippen molar-refractivity contribution in [1.82, 2.24) is 0 Å². The summed E-state index contributed by atoms with van der Waals surface area (Å²) >= 11 is 0. The van der Waals surface area contributed by atoms with Crippen molar-refractivity contribution < 1.29 is 9.59 Å². The van der Waals surface area contributed by atoms with Gasteiger partial charge in [-0.3, -0.25) is 9.59 Å². The first kappa shape index (κ1) is 21.2. The second-order valence-corrected chi connectivity index (χ2v) is 9.74. The summed E-state index contributed by atoms with van der Waals surface area (Å²) in [5, 5.41) is 0. The number of rotatable bonds is 4. The summed E-state index contributed by atoms with van der Waals surface area (Å²) in [4.78, 5) is 24.8. The average molecular weight is 389 g/mol. The molecule has 0 aliphatic heterocycles. The second-order valence-electron chi connectivity index (χ2n) is 9.74. The van der Waals surface area contributed by atoms with Gasteiger partial charge in [0, 0.05) is 16.7 Å². The maximum absolute atomic E-state index is 13.3. The van der Waals surface area contributed by atoms with E-state index in [0.29, 0.717) is 5.56 Å². The van der Waals surface area contributed by atoms with E-state index < -0.39 is 0 Å². The molecule has 0 heterocycles. The largest absolute Gasteiger partial charge is 0.295 e. The van der Waals surface area contributed by atoms with E-state index in [9.17, 15) is 9.59 Å². The van der Waals surface area contributed by atoms with Crippen LogP contribution in [0.5, 0.6) is 0 Å². The number of hydrogen-bond donors (Lipinski definition) is 0. The van der Waals surface area contributed by atoms with Gasteiger partial charge in [0.15, 0.2) is 11.6 Å².